The maximum absolute atomic E-state index is 11.4. The summed E-state index contributed by atoms with van der Waals surface area (Å²) in [4.78, 5) is 15.1. The number of nitrogens with zero attached hydrogens (tertiary/aromatic N) is 2. The summed E-state index contributed by atoms with van der Waals surface area (Å²) in [6, 6.07) is 0. The molecule has 0 bridgehead atoms. The molecule has 1 aromatic heterocycles. The molecule has 0 aromatic carbocycles. The van der Waals surface area contributed by atoms with E-state index in [0.717, 1.165) is 18.6 Å². The van der Waals surface area contributed by atoms with E-state index in [2.05, 4.69) is 17.6 Å². The molecule has 18 heavy (non-hydrogen) atoms. The fourth-order valence-electron chi connectivity index (χ4n) is 1.87. The maximum atomic E-state index is 11.4. The van der Waals surface area contributed by atoms with Gasteiger partial charge in [-0.05, 0) is 18.6 Å². The predicted molar refractivity (Wildman–Crippen MR) is 79.7 cm³/mol. The van der Waals surface area contributed by atoms with E-state index in [4.69, 9.17) is 11.6 Å². The van der Waals surface area contributed by atoms with Crippen LogP contribution in [0, 0.1) is 0 Å². The molecule has 0 aliphatic carbocycles. The van der Waals surface area contributed by atoms with Gasteiger partial charge in [0.15, 0.2) is 0 Å². The van der Waals surface area contributed by atoms with Crippen molar-refractivity contribution in [2.45, 2.75) is 51.5 Å². The van der Waals surface area contributed by atoms with Crippen molar-refractivity contribution in [1.29, 1.82) is 0 Å². The summed E-state index contributed by atoms with van der Waals surface area (Å²) >= 11 is 9.99. The third-order valence-electron chi connectivity index (χ3n) is 2.88. The lowest BCUT2D eigenvalue weighted by atomic mass is 10.1. The number of unbranched alkanes of at least 4 members (excludes halogenated alkanes) is 6. The zero-order chi connectivity index (χ0) is 13.2. The molecule has 1 aromatic rings. The summed E-state index contributed by atoms with van der Waals surface area (Å²) in [7, 11) is 0. The molecular formula is C13H21ClN2OS. The lowest BCUT2D eigenvalue weighted by Gasteiger charge is -2.05. The standard InChI is InChI=1S/C13H21ClN2OS/c14-12-10-15-13(17)16(11-12)8-6-4-2-1-3-5-7-9-18/h10-11,18H,1-9H2. The topological polar surface area (TPSA) is 34.9 Å². The van der Waals surface area contributed by atoms with Crippen LogP contribution in [-0.4, -0.2) is 15.3 Å². The Morgan fingerprint density at radius 3 is 2.39 bits per heavy atom. The van der Waals surface area contributed by atoms with E-state index in [0.29, 0.717) is 11.6 Å². The van der Waals surface area contributed by atoms with Gasteiger partial charge in [-0.3, -0.25) is 4.57 Å². The van der Waals surface area contributed by atoms with Crippen molar-refractivity contribution in [1.82, 2.24) is 9.55 Å². The lowest BCUT2D eigenvalue weighted by molar-refractivity contribution is 0.538. The summed E-state index contributed by atoms with van der Waals surface area (Å²) in [5.41, 5.74) is -0.215. The monoisotopic (exact) mass is 288 g/mol. The molecule has 0 aliphatic rings. The van der Waals surface area contributed by atoms with E-state index in [1.165, 1.54) is 38.3 Å². The van der Waals surface area contributed by atoms with Crippen molar-refractivity contribution in [2.75, 3.05) is 5.75 Å². The van der Waals surface area contributed by atoms with Gasteiger partial charge in [-0.15, -0.1) is 0 Å². The number of thiol groups is 1. The summed E-state index contributed by atoms with van der Waals surface area (Å²) < 4.78 is 1.59. The highest BCUT2D eigenvalue weighted by atomic mass is 35.5. The zero-order valence-electron chi connectivity index (χ0n) is 10.6. The molecule has 0 radical (unpaired) electrons. The predicted octanol–water partition coefficient (Wildman–Crippen LogP) is 3.56. The van der Waals surface area contributed by atoms with Crippen LogP contribution in [0.2, 0.25) is 5.02 Å². The van der Waals surface area contributed by atoms with Crippen LogP contribution in [0.3, 0.4) is 0 Å². The van der Waals surface area contributed by atoms with E-state index in [9.17, 15) is 4.79 Å². The van der Waals surface area contributed by atoms with Gasteiger partial charge in [-0.25, -0.2) is 9.78 Å². The van der Waals surface area contributed by atoms with Crippen molar-refractivity contribution >= 4 is 24.2 Å². The van der Waals surface area contributed by atoms with Crippen LogP contribution in [0.15, 0.2) is 17.2 Å². The Hall–Kier alpha value is -0.480. The highest BCUT2D eigenvalue weighted by Crippen LogP contribution is 2.08. The minimum atomic E-state index is -0.215. The number of aromatic nitrogens is 2. The van der Waals surface area contributed by atoms with Crippen LogP contribution in [0.25, 0.3) is 0 Å². The first kappa shape index (κ1) is 15.6. The average Bonchev–Trinajstić information content (AvgIpc) is 2.36. The van der Waals surface area contributed by atoms with Gasteiger partial charge in [0, 0.05) is 12.7 Å². The second-order valence-electron chi connectivity index (χ2n) is 4.45. The highest BCUT2D eigenvalue weighted by Gasteiger charge is 1.98. The van der Waals surface area contributed by atoms with Gasteiger partial charge < -0.3 is 0 Å². The maximum Gasteiger partial charge on any atom is 0.347 e. The average molecular weight is 289 g/mol. The largest absolute Gasteiger partial charge is 0.347 e. The first-order valence-electron chi connectivity index (χ1n) is 6.57. The van der Waals surface area contributed by atoms with Crippen LogP contribution in [0.5, 0.6) is 0 Å². The summed E-state index contributed by atoms with van der Waals surface area (Å²) in [5.74, 6) is 0.991. The van der Waals surface area contributed by atoms with Gasteiger partial charge >= 0.3 is 5.69 Å². The lowest BCUT2D eigenvalue weighted by Crippen LogP contribution is -2.21. The van der Waals surface area contributed by atoms with E-state index in [1.807, 2.05) is 0 Å². The molecule has 0 saturated carbocycles. The number of halogens is 1. The van der Waals surface area contributed by atoms with E-state index in [1.54, 1.807) is 10.8 Å². The van der Waals surface area contributed by atoms with Gasteiger partial charge in [-0.1, -0.05) is 43.7 Å². The van der Waals surface area contributed by atoms with Crippen molar-refractivity contribution in [3.63, 3.8) is 0 Å². The summed E-state index contributed by atoms with van der Waals surface area (Å²) in [5, 5.41) is 0.515. The number of rotatable bonds is 9. The van der Waals surface area contributed by atoms with Gasteiger partial charge in [0.2, 0.25) is 0 Å². The normalized spacial score (nSPS) is 10.8. The molecule has 0 unspecified atom stereocenters. The number of hydrogen-bond acceptors (Lipinski definition) is 3. The molecule has 3 nitrogen and oxygen atoms in total. The minimum Gasteiger partial charge on any atom is -0.298 e. The molecular weight excluding hydrogens is 268 g/mol. The highest BCUT2D eigenvalue weighted by molar-refractivity contribution is 7.80. The fourth-order valence-corrected chi connectivity index (χ4v) is 2.26. The summed E-state index contributed by atoms with van der Waals surface area (Å²) in [6.07, 6.45) is 11.5. The molecule has 1 heterocycles. The summed E-state index contributed by atoms with van der Waals surface area (Å²) in [6.45, 7) is 0.711. The SMILES string of the molecule is O=c1ncc(Cl)cn1CCCCCCCCCS. The minimum absolute atomic E-state index is 0.215. The van der Waals surface area contributed by atoms with Crippen molar-refractivity contribution in [3.8, 4) is 0 Å². The molecule has 0 atom stereocenters. The molecule has 5 heteroatoms. The van der Waals surface area contributed by atoms with Crippen LogP contribution in [0.1, 0.15) is 44.9 Å². The smallest absolute Gasteiger partial charge is 0.298 e. The molecule has 102 valence electrons. The van der Waals surface area contributed by atoms with Crippen molar-refractivity contribution in [3.05, 3.63) is 27.9 Å². The molecule has 0 N–H and O–H groups in total. The fraction of sp³-hybridized carbons (Fsp3) is 0.692. The Balaban J connectivity index is 2.11. The Labute approximate surface area is 119 Å². The van der Waals surface area contributed by atoms with Crippen LogP contribution in [-0.2, 0) is 6.54 Å². The Morgan fingerprint density at radius 2 is 1.72 bits per heavy atom. The quantitative estimate of drug-likeness (QED) is 0.557. The Morgan fingerprint density at radius 1 is 1.11 bits per heavy atom. The van der Waals surface area contributed by atoms with Gasteiger partial charge in [0.05, 0.1) is 11.2 Å². The number of hydrogen-bond donors (Lipinski definition) is 1. The second kappa shape index (κ2) is 9.45. The first-order chi connectivity index (χ1) is 8.74. The Bertz CT molecular complexity index is 395. The van der Waals surface area contributed by atoms with Crippen LogP contribution in [0.4, 0.5) is 0 Å². The van der Waals surface area contributed by atoms with Gasteiger partial charge in [-0.2, -0.15) is 12.6 Å². The van der Waals surface area contributed by atoms with E-state index >= 15 is 0 Å². The van der Waals surface area contributed by atoms with Gasteiger partial charge in [0.1, 0.15) is 0 Å². The van der Waals surface area contributed by atoms with Crippen LogP contribution < -0.4 is 5.69 Å². The third-order valence-corrected chi connectivity index (χ3v) is 3.39. The van der Waals surface area contributed by atoms with E-state index in [-0.39, 0.29) is 5.69 Å². The van der Waals surface area contributed by atoms with Crippen molar-refractivity contribution < 1.29 is 0 Å². The molecule has 0 aliphatic heterocycles. The number of aryl methyl sites for hydroxylation is 1. The zero-order valence-corrected chi connectivity index (χ0v) is 12.3. The van der Waals surface area contributed by atoms with Crippen molar-refractivity contribution in [2.24, 2.45) is 0 Å². The first-order valence-corrected chi connectivity index (χ1v) is 7.58. The van der Waals surface area contributed by atoms with E-state index < -0.39 is 0 Å². The molecule has 0 fully saturated rings. The molecule has 0 spiro atoms. The third kappa shape index (κ3) is 6.45. The van der Waals surface area contributed by atoms with Gasteiger partial charge in [0.25, 0.3) is 0 Å². The molecule has 0 saturated heterocycles. The second-order valence-corrected chi connectivity index (χ2v) is 5.33. The molecule has 0 amide bonds. The molecule has 1 rings (SSSR count). The van der Waals surface area contributed by atoms with Crippen LogP contribution >= 0.6 is 24.2 Å². The Kier molecular flexibility index (Phi) is 8.18.